The lowest BCUT2D eigenvalue weighted by Crippen LogP contribution is -2.48. The van der Waals surface area contributed by atoms with Crippen LogP contribution in [0.5, 0.6) is 0 Å². The maximum Gasteiger partial charge on any atom is 0.251 e. The molecule has 2 fully saturated rings. The minimum atomic E-state index is -0.0199. The van der Waals surface area contributed by atoms with Gasteiger partial charge in [0.1, 0.15) is 0 Å². The van der Waals surface area contributed by atoms with Gasteiger partial charge in [0.15, 0.2) is 0 Å². The Balaban J connectivity index is 1.45. The Morgan fingerprint density at radius 3 is 2.70 bits per heavy atom. The lowest BCUT2D eigenvalue weighted by atomic mass is 9.82. The molecular weight excluding hydrogens is 374 g/mol. The quantitative estimate of drug-likeness (QED) is 0.829. The van der Waals surface area contributed by atoms with E-state index >= 15 is 0 Å². The summed E-state index contributed by atoms with van der Waals surface area (Å²) in [6.45, 7) is 8.61. The molecule has 0 radical (unpaired) electrons. The Morgan fingerprint density at radius 1 is 1.10 bits per heavy atom. The highest BCUT2D eigenvalue weighted by molar-refractivity contribution is 5.95. The number of hydrogen-bond acceptors (Lipinski definition) is 3. The van der Waals surface area contributed by atoms with Crippen molar-refractivity contribution in [3.05, 3.63) is 58.0 Å². The number of hydrogen-bond donors (Lipinski definition) is 1. The number of amides is 1. The minimum Gasteiger partial charge on any atom is -0.349 e. The van der Waals surface area contributed by atoms with Crippen LogP contribution in [0.1, 0.15) is 55.1 Å². The largest absolute Gasteiger partial charge is 0.349 e. The molecule has 2 bridgehead atoms. The normalized spacial score (nSPS) is 23.3. The molecular formula is C25H31N3O2. The Morgan fingerprint density at radius 2 is 1.93 bits per heavy atom. The molecule has 1 saturated heterocycles. The third kappa shape index (κ3) is 3.95. The van der Waals surface area contributed by atoms with Crippen LogP contribution in [0.15, 0.2) is 41.2 Å². The zero-order valence-corrected chi connectivity index (χ0v) is 17.9. The van der Waals surface area contributed by atoms with Gasteiger partial charge in [-0.1, -0.05) is 26.0 Å². The summed E-state index contributed by atoms with van der Waals surface area (Å²) in [6, 6.07) is 11.9. The molecule has 1 amide bonds. The minimum absolute atomic E-state index is 0.0199. The van der Waals surface area contributed by atoms with Gasteiger partial charge in [-0.15, -0.1) is 0 Å². The van der Waals surface area contributed by atoms with Gasteiger partial charge in [0, 0.05) is 55.5 Å². The van der Waals surface area contributed by atoms with E-state index in [1.54, 1.807) is 6.07 Å². The smallest absolute Gasteiger partial charge is 0.251 e. The predicted molar refractivity (Wildman–Crippen MR) is 119 cm³/mol. The monoisotopic (exact) mass is 405 g/mol. The highest BCUT2D eigenvalue weighted by Gasteiger charge is 2.35. The average molecular weight is 406 g/mol. The summed E-state index contributed by atoms with van der Waals surface area (Å²) in [4.78, 5) is 28.0. The van der Waals surface area contributed by atoms with Crippen LogP contribution in [-0.2, 0) is 6.54 Å². The van der Waals surface area contributed by atoms with Gasteiger partial charge in [-0.25, -0.2) is 0 Å². The fourth-order valence-electron chi connectivity index (χ4n) is 5.23. The van der Waals surface area contributed by atoms with Crippen LogP contribution in [-0.4, -0.2) is 41.1 Å². The van der Waals surface area contributed by atoms with Crippen LogP contribution in [0.25, 0.3) is 11.1 Å². The summed E-state index contributed by atoms with van der Waals surface area (Å²) in [5.41, 5.74) is 3.78. The van der Waals surface area contributed by atoms with Gasteiger partial charge in [0.2, 0.25) is 0 Å². The zero-order chi connectivity index (χ0) is 20.8. The average Bonchev–Trinajstić information content (AvgIpc) is 3.52. The summed E-state index contributed by atoms with van der Waals surface area (Å²) in [6.07, 6.45) is 3.31. The first-order valence-electron chi connectivity index (χ1n) is 11.3. The Hall–Kier alpha value is -2.40. The maximum atomic E-state index is 13.0. The molecule has 5 rings (SSSR count). The molecule has 1 aromatic heterocycles. The van der Waals surface area contributed by atoms with Crippen molar-refractivity contribution in [2.75, 3.05) is 19.6 Å². The standard InChI is InChI=1S/C25H31N3O2/c1-16(2)12-27-13-17-8-21(15-27)23-10-20(11-24(29)28(23)14-17)18-4-3-5-19(9-18)25(30)26-22-6-7-22/h3-5,9-11,16-17,21-22H,6-8,12-15H2,1-2H3,(H,26,30)/t17-,21+/m0/s1. The second kappa shape index (κ2) is 7.69. The van der Waals surface area contributed by atoms with Crippen LogP contribution in [0.4, 0.5) is 0 Å². The van der Waals surface area contributed by atoms with Crippen molar-refractivity contribution >= 4 is 5.91 Å². The first kappa shape index (κ1) is 19.6. The summed E-state index contributed by atoms with van der Waals surface area (Å²) in [7, 11) is 0. The lowest BCUT2D eigenvalue weighted by Gasteiger charge is -2.43. The van der Waals surface area contributed by atoms with E-state index < -0.39 is 0 Å². The number of carbonyl (C=O) groups is 1. The summed E-state index contributed by atoms with van der Waals surface area (Å²) >= 11 is 0. The molecule has 1 N–H and O–H groups in total. The Bertz CT molecular complexity index is 1020. The van der Waals surface area contributed by atoms with Gasteiger partial charge < -0.3 is 14.8 Å². The molecule has 158 valence electrons. The van der Waals surface area contributed by atoms with Crippen molar-refractivity contribution < 1.29 is 4.79 Å². The molecule has 2 atom stereocenters. The number of pyridine rings is 1. The van der Waals surface area contributed by atoms with Crippen molar-refractivity contribution in [1.82, 2.24) is 14.8 Å². The Kier molecular flexibility index (Phi) is 5.02. The van der Waals surface area contributed by atoms with Crippen LogP contribution in [0.2, 0.25) is 0 Å². The van der Waals surface area contributed by atoms with Gasteiger partial charge >= 0.3 is 0 Å². The number of benzene rings is 1. The molecule has 5 heteroatoms. The van der Waals surface area contributed by atoms with Crippen LogP contribution in [0, 0.1) is 11.8 Å². The third-order valence-electron chi connectivity index (χ3n) is 6.63. The van der Waals surface area contributed by atoms with E-state index in [4.69, 9.17) is 0 Å². The van der Waals surface area contributed by atoms with Crippen molar-refractivity contribution in [1.29, 1.82) is 0 Å². The molecule has 0 unspecified atom stereocenters. The van der Waals surface area contributed by atoms with E-state index in [2.05, 4.69) is 30.1 Å². The van der Waals surface area contributed by atoms with E-state index in [0.717, 1.165) is 55.8 Å². The topological polar surface area (TPSA) is 54.3 Å². The lowest BCUT2D eigenvalue weighted by molar-refractivity contribution is 0.0951. The molecule has 2 aromatic rings. The number of nitrogens with zero attached hydrogens (tertiary/aromatic N) is 2. The summed E-state index contributed by atoms with van der Waals surface area (Å²) < 4.78 is 2.00. The van der Waals surface area contributed by atoms with Gasteiger partial charge in [0.05, 0.1) is 0 Å². The van der Waals surface area contributed by atoms with Gasteiger partial charge in [0.25, 0.3) is 11.5 Å². The number of fused-ring (bicyclic) bond motifs is 4. The molecule has 30 heavy (non-hydrogen) atoms. The van der Waals surface area contributed by atoms with E-state index in [1.165, 1.54) is 6.42 Å². The first-order chi connectivity index (χ1) is 14.5. The highest BCUT2D eigenvalue weighted by atomic mass is 16.1. The predicted octanol–water partition coefficient (Wildman–Crippen LogP) is 3.48. The first-order valence-corrected chi connectivity index (χ1v) is 11.3. The number of carbonyl (C=O) groups excluding carboxylic acids is 1. The van der Waals surface area contributed by atoms with E-state index in [9.17, 15) is 9.59 Å². The van der Waals surface area contributed by atoms with Crippen LogP contribution >= 0.6 is 0 Å². The van der Waals surface area contributed by atoms with Crippen LogP contribution < -0.4 is 10.9 Å². The number of likely N-dealkylation sites (tertiary alicyclic amines) is 1. The van der Waals surface area contributed by atoms with Crippen molar-refractivity contribution in [3.63, 3.8) is 0 Å². The molecule has 2 aliphatic heterocycles. The molecule has 3 heterocycles. The highest BCUT2D eigenvalue weighted by Crippen LogP contribution is 2.36. The number of rotatable bonds is 5. The molecule has 1 aliphatic carbocycles. The number of aromatic nitrogens is 1. The van der Waals surface area contributed by atoms with E-state index in [0.29, 0.717) is 29.4 Å². The van der Waals surface area contributed by atoms with Crippen molar-refractivity contribution in [3.8, 4) is 11.1 Å². The third-order valence-corrected chi connectivity index (χ3v) is 6.63. The summed E-state index contributed by atoms with van der Waals surface area (Å²) in [5.74, 6) is 1.61. The second-order valence-corrected chi connectivity index (χ2v) is 9.86. The van der Waals surface area contributed by atoms with Gasteiger partial charge in [-0.2, -0.15) is 0 Å². The molecule has 0 spiro atoms. The number of nitrogens with one attached hydrogen (secondary N) is 1. The van der Waals surface area contributed by atoms with Gasteiger partial charge in [-0.05, 0) is 60.4 Å². The fraction of sp³-hybridized carbons (Fsp3) is 0.520. The SMILES string of the molecule is CC(C)CN1C[C@@H]2C[C@H](C1)c1cc(-c3cccc(C(=O)NC4CC4)c3)cc(=O)n1C2. The molecule has 1 saturated carbocycles. The van der Waals surface area contributed by atoms with Crippen LogP contribution in [0.3, 0.4) is 0 Å². The second-order valence-electron chi connectivity index (χ2n) is 9.86. The number of piperidine rings is 1. The summed E-state index contributed by atoms with van der Waals surface area (Å²) in [5, 5.41) is 3.05. The maximum absolute atomic E-state index is 13.0. The van der Waals surface area contributed by atoms with E-state index in [1.807, 2.05) is 28.8 Å². The molecule has 3 aliphatic rings. The van der Waals surface area contributed by atoms with Gasteiger partial charge in [-0.3, -0.25) is 9.59 Å². The van der Waals surface area contributed by atoms with E-state index in [-0.39, 0.29) is 11.5 Å². The van der Waals surface area contributed by atoms with Crippen molar-refractivity contribution in [2.45, 2.75) is 51.6 Å². The Labute approximate surface area is 178 Å². The zero-order valence-electron chi connectivity index (χ0n) is 17.9. The fourth-order valence-corrected chi connectivity index (χ4v) is 5.23. The van der Waals surface area contributed by atoms with Crippen molar-refractivity contribution in [2.24, 2.45) is 11.8 Å². The molecule has 1 aromatic carbocycles. The molecule has 5 nitrogen and oxygen atoms in total.